The topological polar surface area (TPSA) is 87.8 Å². The van der Waals surface area contributed by atoms with Crippen molar-refractivity contribution in [3.05, 3.63) is 35.9 Å². The summed E-state index contributed by atoms with van der Waals surface area (Å²) in [6.45, 7) is -0.0285. The summed E-state index contributed by atoms with van der Waals surface area (Å²) in [6, 6.07) is 8.45. The summed E-state index contributed by atoms with van der Waals surface area (Å²) in [4.78, 5) is 24.3. The van der Waals surface area contributed by atoms with Gasteiger partial charge in [-0.3, -0.25) is 15.0 Å². The van der Waals surface area contributed by atoms with Gasteiger partial charge in [0.05, 0.1) is 0 Å². The molecular formula is C10H10N4O2. The van der Waals surface area contributed by atoms with Crippen LogP contribution in [0.5, 0.6) is 0 Å². The molecule has 1 aliphatic rings. The molecule has 6 heteroatoms. The molecule has 0 spiro atoms. The fourth-order valence-corrected chi connectivity index (χ4v) is 1.37. The Hall–Kier alpha value is -2.37. The zero-order valence-electron chi connectivity index (χ0n) is 8.38. The van der Waals surface area contributed by atoms with Crippen molar-refractivity contribution in [2.75, 3.05) is 6.54 Å². The average Bonchev–Trinajstić information content (AvgIpc) is 2.30. The van der Waals surface area contributed by atoms with Crippen molar-refractivity contribution in [2.45, 2.75) is 0 Å². The Labute approximate surface area is 91.7 Å². The van der Waals surface area contributed by atoms with Gasteiger partial charge in [0.2, 0.25) is 5.96 Å². The predicted molar refractivity (Wildman–Crippen MR) is 57.2 cm³/mol. The fraction of sp³-hybridized carbons (Fsp3) is 0.100. The molecule has 0 saturated heterocycles. The quantitative estimate of drug-likeness (QED) is 0.621. The zero-order valence-corrected chi connectivity index (χ0v) is 8.38. The highest BCUT2D eigenvalue weighted by atomic mass is 16.2. The molecule has 0 fully saturated rings. The lowest BCUT2D eigenvalue weighted by molar-refractivity contribution is -0.125. The van der Waals surface area contributed by atoms with Crippen LogP contribution in [0.3, 0.4) is 0 Å². The second-order valence-corrected chi connectivity index (χ2v) is 3.21. The van der Waals surface area contributed by atoms with E-state index in [1.54, 1.807) is 30.3 Å². The third-order valence-corrected chi connectivity index (χ3v) is 2.13. The van der Waals surface area contributed by atoms with Gasteiger partial charge in [-0.05, 0) is 12.1 Å². The summed E-state index contributed by atoms with van der Waals surface area (Å²) in [5.74, 6) is -1.01. The van der Waals surface area contributed by atoms with Gasteiger partial charge in [0.15, 0.2) is 0 Å². The molecule has 1 heterocycles. The normalized spacial score (nSPS) is 15.4. The van der Waals surface area contributed by atoms with Crippen LogP contribution in [0.4, 0.5) is 0 Å². The number of nitrogens with two attached hydrogens (primary N) is 1. The molecule has 2 amide bonds. The molecule has 0 radical (unpaired) electrons. The number of carbonyl (C=O) groups is 2. The number of benzene rings is 1. The first-order chi connectivity index (χ1) is 7.70. The van der Waals surface area contributed by atoms with E-state index in [1.807, 2.05) is 0 Å². The van der Waals surface area contributed by atoms with Crippen molar-refractivity contribution < 1.29 is 9.59 Å². The third-order valence-electron chi connectivity index (χ3n) is 2.13. The molecule has 1 aliphatic heterocycles. The van der Waals surface area contributed by atoms with Gasteiger partial charge in [-0.1, -0.05) is 18.2 Å². The summed E-state index contributed by atoms with van der Waals surface area (Å²) in [6.07, 6.45) is 0. The molecule has 0 bridgehead atoms. The van der Waals surface area contributed by atoms with E-state index in [2.05, 4.69) is 10.5 Å². The Morgan fingerprint density at radius 3 is 2.69 bits per heavy atom. The van der Waals surface area contributed by atoms with Crippen molar-refractivity contribution >= 4 is 17.8 Å². The van der Waals surface area contributed by atoms with E-state index >= 15 is 0 Å². The molecule has 0 atom stereocenters. The Balaban J connectivity index is 2.31. The number of imide groups is 1. The SMILES string of the molecule is NC1=NNCC(=O)N1C(=O)c1ccccc1. The van der Waals surface area contributed by atoms with Crippen LogP contribution in [0.1, 0.15) is 10.4 Å². The summed E-state index contributed by atoms with van der Waals surface area (Å²) >= 11 is 0. The number of nitrogens with zero attached hydrogens (tertiary/aromatic N) is 2. The van der Waals surface area contributed by atoms with E-state index in [0.29, 0.717) is 5.56 Å². The number of rotatable bonds is 1. The van der Waals surface area contributed by atoms with Gasteiger partial charge < -0.3 is 5.73 Å². The van der Waals surface area contributed by atoms with E-state index in [1.165, 1.54) is 0 Å². The minimum absolute atomic E-state index is 0.0285. The van der Waals surface area contributed by atoms with Crippen LogP contribution in [-0.4, -0.2) is 29.2 Å². The van der Waals surface area contributed by atoms with E-state index in [9.17, 15) is 9.59 Å². The predicted octanol–water partition coefficient (Wildman–Crippen LogP) is -0.512. The molecule has 3 N–H and O–H groups in total. The number of hydrogen-bond donors (Lipinski definition) is 2. The van der Waals surface area contributed by atoms with Crippen molar-refractivity contribution in [1.82, 2.24) is 10.3 Å². The van der Waals surface area contributed by atoms with E-state index in [0.717, 1.165) is 4.90 Å². The standard InChI is InChI=1S/C10H10N4O2/c11-10-13-12-6-8(15)14(10)9(16)7-4-2-1-3-5-7/h1-5,12H,6H2,(H2,11,13). The number of nitrogens with one attached hydrogen (secondary N) is 1. The van der Waals surface area contributed by atoms with Crippen LogP contribution in [0.2, 0.25) is 0 Å². The molecule has 0 saturated carbocycles. The van der Waals surface area contributed by atoms with Crippen LogP contribution in [0.15, 0.2) is 35.4 Å². The zero-order chi connectivity index (χ0) is 11.5. The summed E-state index contributed by atoms with van der Waals surface area (Å²) < 4.78 is 0. The van der Waals surface area contributed by atoms with Gasteiger partial charge >= 0.3 is 0 Å². The van der Waals surface area contributed by atoms with Crippen LogP contribution in [-0.2, 0) is 4.79 Å². The Bertz CT molecular complexity index is 455. The van der Waals surface area contributed by atoms with Gasteiger partial charge in [0, 0.05) is 5.56 Å². The average molecular weight is 218 g/mol. The summed E-state index contributed by atoms with van der Waals surface area (Å²) in [5, 5.41) is 3.64. The molecule has 82 valence electrons. The minimum atomic E-state index is -0.464. The van der Waals surface area contributed by atoms with Crippen LogP contribution in [0.25, 0.3) is 0 Å². The maximum Gasteiger partial charge on any atom is 0.267 e. The highest BCUT2D eigenvalue weighted by Gasteiger charge is 2.28. The maximum atomic E-state index is 11.9. The second kappa shape index (κ2) is 4.01. The molecule has 0 unspecified atom stereocenters. The largest absolute Gasteiger partial charge is 0.368 e. The van der Waals surface area contributed by atoms with Crippen molar-refractivity contribution in [1.29, 1.82) is 0 Å². The number of hydrazone groups is 1. The highest BCUT2D eigenvalue weighted by Crippen LogP contribution is 2.06. The van der Waals surface area contributed by atoms with Crippen molar-refractivity contribution in [3.63, 3.8) is 0 Å². The molecule has 1 aromatic rings. The molecule has 6 nitrogen and oxygen atoms in total. The smallest absolute Gasteiger partial charge is 0.267 e. The van der Waals surface area contributed by atoms with Crippen molar-refractivity contribution in [3.8, 4) is 0 Å². The van der Waals surface area contributed by atoms with Crippen LogP contribution in [0, 0.1) is 0 Å². The number of guanidine groups is 1. The van der Waals surface area contributed by atoms with Crippen LogP contribution < -0.4 is 11.2 Å². The van der Waals surface area contributed by atoms with Crippen LogP contribution >= 0.6 is 0 Å². The Morgan fingerprint density at radius 1 is 1.38 bits per heavy atom. The Morgan fingerprint density at radius 2 is 2.06 bits per heavy atom. The lowest BCUT2D eigenvalue weighted by Crippen LogP contribution is -2.53. The number of hydrogen-bond acceptors (Lipinski definition) is 5. The number of amides is 2. The second-order valence-electron chi connectivity index (χ2n) is 3.21. The van der Waals surface area contributed by atoms with Gasteiger partial charge in [-0.25, -0.2) is 4.90 Å². The first-order valence-electron chi connectivity index (χ1n) is 4.68. The fourth-order valence-electron chi connectivity index (χ4n) is 1.37. The Kier molecular flexibility index (Phi) is 2.55. The summed E-state index contributed by atoms with van der Waals surface area (Å²) in [5.41, 5.74) is 8.32. The monoisotopic (exact) mass is 218 g/mol. The van der Waals surface area contributed by atoms with Crippen molar-refractivity contribution in [2.24, 2.45) is 10.8 Å². The van der Waals surface area contributed by atoms with E-state index in [4.69, 9.17) is 5.73 Å². The molecule has 0 aromatic heterocycles. The van der Waals surface area contributed by atoms with Gasteiger partial charge in [0.1, 0.15) is 6.54 Å². The first-order valence-corrected chi connectivity index (χ1v) is 4.68. The molecule has 16 heavy (non-hydrogen) atoms. The minimum Gasteiger partial charge on any atom is -0.368 e. The van der Waals surface area contributed by atoms with Gasteiger partial charge in [-0.2, -0.15) is 0 Å². The maximum absolute atomic E-state index is 11.9. The summed E-state index contributed by atoms with van der Waals surface area (Å²) in [7, 11) is 0. The highest BCUT2D eigenvalue weighted by molar-refractivity contribution is 6.17. The molecular weight excluding hydrogens is 208 g/mol. The lowest BCUT2D eigenvalue weighted by Gasteiger charge is -2.23. The van der Waals surface area contributed by atoms with E-state index in [-0.39, 0.29) is 12.5 Å². The third kappa shape index (κ3) is 1.72. The number of carbonyl (C=O) groups excluding carboxylic acids is 2. The molecule has 0 aliphatic carbocycles. The van der Waals surface area contributed by atoms with Gasteiger partial charge in [-0.15, -0.1) is 5.10 Å². The molecule has 1 aromatic carbocycles. The lowest BCUT2D eigenvalue weighted by atomic mass is 10.2. The van der Waals surface area contributed by atoms with E-state index < -0.39 is 11.8 Å². The molecule has 2 rings (SSSR count). The first kappa shape index (κ1) is 10.2. The van der Waals surface area contributed by atoms with Gasteiger partial charge in [0.25, 0.3) is 11.8 Å².